The van der Waals surface area contributed by atoms with Crippen LogP contribution in [0, 0.1) is 0 Å². The summed E-state index contributed by atoms with van der Waals surface area (Å²) in [7, 11) is 1.60. The minimum Gasteiger partial charge on any atom is -0.497 e. The zero-order valence-electron chi connectivity index (χ0n) is 18.8. The van der Waals surface area contributed by atoms with Crippen LogP contribution in [0.25, 0.3) is 0 Å². The van der Waals surface area contributed by atoms with Gasteiger partial charge in [0.25, 0.3) is 5.91 Å². The van der Waals surface area contributed by atoms with Gasteiger partial charge in [0.15, 0.2) is 0 Å². The summed E-state index contributed by atoms with van der Waals surface area (Å²) in [5.41, 5.74) is 1.52. The molecule has 0 bridgehead atoms. The number of carbonyl (C=O) groups excluding carboxylic acids is 1. The van der Waals surface area contributed by atoms with Crippen LogP contribution < -0.4 is 14.8 Å². The van der Waals surface area contributed by atoms with Crippen LogP contribution in [-0.2, 0) is 19.3 Å². The number of halogens is 3. The van der Waals surface area contributed by atoms with Crippen LogP contribution in [0.2, 0.25) is 0 Å². The van der Waals surface area contributed by atoms with Crippen LogP contribution in [0.1, 0.15) is 27.0 Å². The number of carbonyl (C=O) groups is 1. The minimum atomic E-state index is -4.41. The molecule has 0 spiro atoms. The summed E-state index contributed by atoms with van der Waals surface area (Å²) in [4.78, 5) is 12.6. The third-order valence-electron chi connectivity index (χ3n) is 5.17. The molecule has 0 saturated carbocycles. The van der Waals surface area contributed by atoms with Gasteiger partial charge in [0, 0.05) is 11.8 Å². The van der Waals surface area contributed by atoms with Crippen molar-refractivity contribution in [3.63, 3.8) is 0 Å². The molecule has 6 nitrogen and oxygen atoms in total. The lowest BCUT2D eigenvalue weighted by atomic mass is 10.1. The van der Waals surface area contributed by atoms with Crippen molar-refractivity contribution in [1.29, 1.82) is 0 Å². The SMILES string of the molecule is COc1ccc(OCc2ccc(C(=O)Nc3cnn(Cc4cccc(C(F)(F)F)c4)c3)cc2)cc1. The van der Waals surface area contributed by atoms with Gasteiger partial charge in [-0.15, -0.1) is 0 Å². The summed E-state index contributed by atoms with van der Waals surface area (Å²) in [6.07, 6.45) is -1.39. The Morgan fingerprint density at radius 1 is 0.971 bits per heavy atom. The molecule has 0 aliphatic rings. The predicted octanol–water partition coefficient (Wildman–Crippen LogP) is 5.79. The number of ether oxygens (including phenoxy) is 2. The van der Waals surface area contributed by atoms with Gasteiger partial charge in [-0.3, -0.25) is 9.48 Å². The first-order valence-electron chi connectivity index (χ1n) is 10.7. The fraction of sp³-hybridized carbons (Fsp3) is 0.154. The standard InChI is InChI=1S/C26H22F3N3O3/c1-34-23-9-11-24(12-10-23)35-17-18-5-7-20(8-6-18)25(33)31-22-14-30-32(16-22)15-19-3-2-4-21(13-19)26(27,28)29/h2-14,16H,15,17H2,1H3,(H,31,33). The van der Waals surface area contributed by atoms with E-state index in [1.54, 1.807) is 43.6 Å². The molecule has 1 N–H and O–H groups in total. The molecule has 1 aromatic heterocycles. The number of alkyl halides is 3. The Hall–Kier alpha value is -4.27. The Balaban J connectivity index is 1.32. The summed E-state index contributed by atoms with van der Waals surface area (Å²) in [5.74, 6) is 1.12. The van der Waals surface area contributed by atoms with Gasteiger partial charge in [-0.2, -0.15) is 18.3 Å². The van der Waals surface area contributed by atoms with Crippen molar-refractivity contribution in [3.8, 4) is 11.5 Å². The summed E-state index contributed by atoms with van der Waals surface area (Å²) in [6.45, 7) is 0.485. The Morgan fingerprint density at radius 2 is 1.69 bits per heavy atom. The van der Waals surface area contributed by atoms with E-state index in [1.165, 1.54) is 16.9 Å². The summed E-state index contributed by atoms with van der Waals surface area (Å²) >= 11 is 0. The second-order valence-electron chi connectivity index (χ2n) is 7.74. The molecule has 3 aromatic carbocycles. The van der Waals surface area contributed by atoms with Crippen molar-refractivity contribution >= 4 is 11.6 Å². The average molecular weight is 481 g/mol. The van der Waals surface area contributed by atoms with Gasteiger partial charge in [0.05, 0.1) is 31.1 Å². The largest absolute Gasteiger partial charge is 0.497 e. The molecule has 4 aromatic rings. The Labute approximate surface area is 199 Å². The summed E-state index contributed by atoms with van der Waals surface area (Å²) in [6, 6.07) is 19.3. The van der Waals surface area contributed by atoms with E-state index >= 15 is 0 Å². The first-order chi connectivity index (χ1) is 16.8. The molecule has 1 heterocycles. The van der Waals surface area contributed by atoms with Crippen molar-refractivity contribution in [2.75, 3.05) is 12.4 Å². The molecule has 0 saturated heterocycles. The van der Waals surface area contributed by atoms with Crippen molar-refractivity contribution in [2.24, 2.45) is 0 Å². The minimum absolute atomic E-state index is 0.142. The Morgan fingerprint density at radius 3 is 2.37 bits per heavy atom. The van der Waals surface area contributed by atoms with Gasteiger partial charge in [0.2, 0.25) is 0 Å². The fourth-order valence-corrected chi connectivity index (χ4v) is 3.34. The molecule has 0 aliphatic carbocycles. The maximum absolute atomic E-state index is 12.9. The number of nitrogens with one attached hydrogen (secondary N) is 1. The lowest BCUT2D eigenvalue weighted by molar-refractivity contribution is -0.137. The second kappa shape index (κ2) is 10.3. The molecule has 0 atom stereocenters. The first kappa shape index (κ1) is 23.9. The van der Waals surface area contributed by atoms with E-state index in [0.29, 0.717) is 29.2 Å². The smallest absolute Gasteiger partial charge is 0.416 e. The summed E-state index contributed by atoms with van der Waals surface area (Å²) < 4.78 is 51.0. The van der Waals surface area contributed by atoms with E-state index < -0.39 is 11.7 Å². The topological polar surface area (TPSA) is 65.4 Å². The highest BCUT2D eigenvalue weighted by Gasteiger charge is 2.30. The van der Waals surface area contributed by atoms with Crippen molar-refractivity contribution in [3.05, 3.63) is 107 Å². The number of benzene rings is 3. The van der Waals surface area contributed by atoms with Gasteiger partial charge in [-0.05, 0) is 59.7 Å². The molecule has 35 heavy (non-hydrogen) atoms. The molecular formula is C26H22F3N3O3. The zero-order chi connectivity index (χ0) is 24.8. The fourth-order valence-electron chi connectivity index (χ4n) is 3.34. The number of aromatic nitrogens is 2. The maximum atomic E-state index is 12.9. The van der Waals surface area contributed by atoms with Gasteiger partial charge in [0.1, 0.15) is 18.1 Å². The number of hydrogen-bond donors (Lipinski definition) is 1. The highest BCUT2D eigenvalue weighted by molar-refractivity contribution is 6.04. The molecule has 4 rings (SSSR count). The lowest BCUT2D eigenvalue weighted by Gasteiger charge is -2.09. The van der Waals surface area contributed by atoms with E-state index in [9.17, 15) is 18.0 Å². The third kappa shape index (κ3) is 6.41. The number of methoxy groups -OCH3 is 1. The Bertz CT molecular complexity index is 1280. The number of amides is 1. The normalized spacial score (nSPS) is 11.2. The molecule has 1 amide bonds. The Kier molecular flexibility index (Phi) is 7.05. The van der Waals surface area contributed by atoms with Crippen LogP contribution >= 0.6 is 0 Å². The van der Waals surface area contributed by atoms with Gasteiger partial charge < -0.3 is 14.8 Å². The van der Waals surface area contributed by atoms with E-state index in [4.69, 9.17) is 9.47 Å². The molecule has 180 valence electrons. The van der Waals surface area contributed by atoms with Crippen molar-refractivity contribution < 1.29 is 27.4 Å². The quantitative estimate of drug-likeness (QED) is 0.346. The van der Waals surface area contributed by atoms with Crippen LogP contribution in [0.5, 0.6) is 11.5 Å². The van der Waals surface area contributed by atoms with Crippen molar-refractivity contribution in [1.82, 2.24) is 9.78 Å². The van der Waals surface area contributed by atoms with Gasteiger partial charge in [-0.1, -0.05) is 24.3 Å². The highest BCUT2D eigenvalue weighted by atomic mass is 19.4. The monoisotopic (exact) mass is 481 g/mol. The zero-order valence-corrected chi connectivity index (χ0v) is 18.8. The van der Waals surface area contributed by atoms with E-state index in [1.807, 2.05) is 24.3 Å². The van der Waals surface area contributed by atoms with Gasteiger partial charge in [-0.25, -0.2) is 0 Å². The number of nitrogens with zero attached hydrogens (tertiary/aromatic N) is 2. The van der Waals surface area contributed by atoms with Crippen LogP contribution in [0.4, 0.5) is 18.9 Å². The molecule has 0 radical (unpaired) electrons. The summed E-state index contributed by atoms with van der Waals surface area (Å²) in [5, 5.41) is 6.87. The molecule has 0 unspecified atom stereocenters. The van der Waals surface area contributed by atoms with E-state index in [2.05, 4.69) is 10.4 Å². The predicted molar refractivity (Wildman–Crippen MR) is 124 cm³/mol. The van der Waals surface area contributed by atoms with Crippen molar-refractivity contribution in [2.45, 2.75) is 19.3 Å². The van der Waals surface area contributed by atoms with E-state index in [-0.39, 0.29) is 12.5 Å². The average Bonchev–Trinajstić information content (AvgIpc) is 3.29. The molecule has 0 aliphatic heterocycles. The first-order valence-corrected chi connectivity index (χ1v) is 10.7. The molecular weight excluding hydrogens is 459 g/mol. The van der Waals surface area contributed by atoms with E-state index in [0.717, 1.165) is 23.4 Å². The lowest BCUT2D eigenvalue weighted by Crippen LogP contribution is -2.11. The third-order valence-corrected chi connectivity index (χ3v) is 5.17. The number of anilines is 1. The molecule has 9 heteroatoms. The molecule has 0 fully saturated rings. The van der Waals surface area contributed by atoms with Crippen LogP contribution in [-0.4, -0.2) is 22.8 Å². The van der Waals surface area contributed by atoms with Crippen LogP contribution in [0.3, 0.4) is 0 Å². The highest BCUT2D eigenvalue weighted by Crippen LogP contribution is 2.29. The van der Waals surface area contributed by atoms with Crippen LogP contribution in [0.15, 0.2) is 85.2 Å². The maximum Gasteiger partial charge on any atom is 0.416 e. The number of rotatable bonds is 8. The van der Waals surface area contributed by atoms with Gasteiger partial charge >= 0.3 is 6.18 Å². The number of hydrogen-bond acceptors (Lipinski definition) is 4. The second-order valence-corrected chi connectivity index (χ2v) is 7.74.